The number of hydrogen-bond acceptors (Lipinski definition) is 8. The lowest BCUT2D eigenvalue weighted by Gasteiger charge is -2.39. The van der Waals surface area contributed by atoms with Gasteiger partial charge in [-0.15, -0.1) is 5.10 Å². The molecule has 1 aromatic carbocycles. The molecule has 9 heteroatoms. The Labute approximate surface area is 177 Å². The second kappa shape index (κ2) is 7.66. The molecule has 4 heterocycles. The summed E-state index contributed by atoms with van der Waals surface area (Å²) in [4.78, 5) is 10.6. The highest BCUT2D eigenvalue weighted by molar-refractivity contribution is 7.17. The molecule has 0 amide bonds. The van der Waals surface area contributed by atoms with Crippen molar-refractivity contribution in [3.05, 3.63) is 59.1 Å². The molecular weight excluding hydrogens is 402 g/mol. The maximum atomic E-state index is 10.9. The van der Waals surface area contributed by atoms with E-state index in [0.29, 0.717) is 10.8 Å². The predicted molar refractivity (Wildman–Crippen MR) is 115 cm³/mol. The molecule has 1 fully saturated rings. The molecule has 8 nitrogen and oxygen atoms in total. The molecular formula is C21H23N5O3S. The maximum absolute atomic E-state index is 10.9. The third kappa shape index (κ3) is 3.29. The Balaban J connectivity index is 1.40. The lowest BCUT2D eigenvalue weighted by molar-refractivity contribution is 0.191. The molecule has 1 atom stereocenters. The number of benzene rings is 1. The Kier molecular flexibility index (Phi) is 4.84. The van der Waals surface area contributed by atoms with E-state index in [1.807, 2.05) is 31.2 Å². The van der Waals surface area contributed by atoms with Gasteiger partial charge in [0.2, 0.25) is 10.8 Å². The lowest BCUT2D eigenvalue weighted by Crippen LogP contribution is -2.47. The summed E-state index contributed by atoms with van der Waals surface area (Å²) in [5.74, 6) is 2.45. The SMILES string of the molecule is COc1ccc(N2CCN([C@@H](c3ccco3)c3sc4nc(C)nn4c3O)CC2)cc1. The van der Waals surface area contributed by atoms with Gasteiger partial charge < -0.3 is 19.2 Å². The smallest absolute Gasteiger partial charge is 0.230 e. The van der Waals surface area contributed by atoms with Gasteiger partial charge in [-0.1, -0.05) is 11.3 Å². The molecule has 30 heavy (non-hydrogen) atoms. The number of furan rings is 1. The van der Waals surface area contributed by atoms with Gasteiger partial charge in [-0.05, 0) is 43.3 Å². The monoisotopic (exact) mass is 425 g/mol. The second-order valence-electron chi connectivity index (χ2n) is 7.28. The highest BCUT2D eigenvalue weighted by Crippen LogP contribution is 2.40. The van der Waals surface area contributed by atoms with Crippen molar-refractivity contribution in [3.8, 4) is 11.6 Å². The number of hydrogen-bond donors (Lipinski definition) is 1. The van der Waals surface area contributed by atoms with Crippen LogP contribution in [0.2, 0.25) is 0 Å². The standard InChI is InChI=1S/C21H23N5O3S/c1-14-22-21-26(23-14)20(27)19(30-21)18(17-4-3-13-29-17)25-11-9-24(10-12-25)15-5-7-16(28-2)8-6-15/h3-8,13,18,27H,9-12H2,1-2H3/t18-/m0/s1. The first-order valence-corrected chi connectivity index (χ1v) is 10.7. The van der Waals surface area contributed by atoms with Gasteiger partial charge >= 0.3 is 0 Å². The molecule has 1 saturated heterocycles. The molecule has 156 valence electrons. The zero-order valence-electron chi connectivity index (χ0n) is 16.9. The normalized spacial score (nSPS) is 16.3. The third-order valence-electron chi connectivity index (χ3n) is 5.48. The van der Waals surface area contributed by atoms with E-state index in [2.05, 4.69) is 32.0 Å². The minimum absolute atomic E-state index is 0.134. The molecule has 1 aliphatic rings. The van der Waals surface area contributed by atoms with Crippen molar-refractivity contribution in [2.75, 3.05) is 38.2 Å². The van der Waals surface area contributed by atoms with Crippen molar-refractivity contribution in [1.29, 1.82) is 0 Å². The number of piperazine rings is 1. The molecule has 0 spiro atoms. The van der Waals surface area contributed by atoms with E-state index >= 15 is 0 Å². The van der Waals surface area contributed by atoms with Crippen LogP contribution in [-0.4, -0.2) is 57.9 Å². The molecule has 0 aliphatic carbocycles. The average molecular weight is 426 g/mol. The van der Waals surface area contributed by atoms with Crippen LogP contribution in [0.5, 0.6) is 11.6 Å². The van der Waals surface area contributed by atoms with Crippen LogP contribution in [0.3, 0.4) is 0 Å². The molecule has 1 N–H and O–H groups in total. The van der Waals surface area contributed by atoms with E-state index in [4.69, 9.17) is 9.15 Å². The summed E-state index contributed by atoms with van der Waals surface area (Å²) in [6, 6.07) is 11.8. The lowest BCUT2D eigenvalue weighted by atomic mass is 10.1. The summed E-state index contributed by atoms with van der Waals surface area (Å²) in [6.07, 6.45) is 1.67. The summed E-state index contributed by atoms with van der Waals surface area (Å²) in [5.41, 5.74) is 1.18. The Morgan fingerprint density at radius 1 is 1.13 bits per heavy atom. The first-order valence-electron chi connectivity index (χ1n) is 9.85. The molecule has 4 aromatic rings. The minimum atomic E-state index is -0.174. The van der Waals surface area contributed by atoms with E-state index in [-0.39, 0.29) is 11.9 Å². The molecule has 1 aliphatic heterocycles. The van der Waals surface area contributed by atoms with Crippen LogP contribution in [0.25, 0.3) is 4.96 Å². The number of anilines is 1. The van der Waals surface area contributed by atoms with E-state index in [1.54, 1.807) is 13.4 Å². The Bertz CT molecular complexity index is 1130. The quantitative estimate of drug-likeness (QED) is 0.525. The number of nitrogens with zero attached hydrogens (tertiary/aromatic N) is 5. The number of fused-ring (bicyclic) bond motifs is 1. The summed E-state index contributed by atoms with van der Waals surface area (Å²) in [5, 5.41) is 15.2. The van der Waals surface area contributed by atoms with Gasteiger partial charge in [0, 0.05) is 31.9 Å². The Hall–Kier alpha value is -3.04. The summed E-state index contributed by atoms with van der Waals surface area (Å²) in [6.45, 7) is 5.25. The number of methoxy groups -OCH3 is 1. The molecule has 3 aromatic heterocycles. The van der Waals surface area contributed by atoms with Crippen molar-refractivity contribution in [1.82, 2.24) is 19.5 Å². The van der Waals surface area contributed by atoms with Crippen LogP contribution in [0.1, 0.15) is 22.5 Å². The fraction of sp³-hybridized carbons (Fsp3) is 0.333. The number of aryl methyl sites for hydroxylation is 1. The fourth-order valence-corrected chi connectivity index (χ4v) is 5.12. The average Bonchev–Trinajstić information content (AvgIpc) is 3.49. The van der Waals surface area contributed by atoms with Crippen molar-refractivity contribution in [2.45, 2.75) is 13.0 Å². The minimum Gasteiger partial charge on any atom is -0.497 e. The van der Waals surface area contributed by atoms with E-state index < -0.39 is 0 Å². The van der Waals surface area contributed by atoms with E-state index in [9.17, 15) is 5.11 Å². The van der Waals surface area contributed by atoms with Crippen LogP contribution in [0.4, 0.5) is 5.69 Å². The molecule has 0 bridgehead atoms. The molecule has 0 radical (unpaired) electrons. The highest BCUT2D eigenvalue weighted by Gasteiger charge is 2.33. The van der Waals surface area contributed by atoms with Crippen LogP contribution >= 0.6 is 11.3 Å². The number of rotatable bonds is 5. The first-order chi connectivity index (χ1) is 14.6. The fourth-order valence-electron chi connectivity index (χ4n) is 3.98. The molecule has 0 saturated carbocycles. The highest BCUT2D eigenvalue weighted by atomic mass is 32.1. The van der Waals surface area contributed by atoms with Crippen LogP contribution < -0.4 is 9.64 Å². The number of ether oxygens (including phenoxy) is 1. The van der Waals surface area contributed by atoms with Gasteiger partial charge in [0.1, 0.15) is 23.4 Å². The summed E-state index contributed by atoms with van der Waals surface area (Å²) in [7, 11) is 1.68. The van der Waals surface area contributed by atoms with Gasteiger partial charge in [0.25, 0.3) is 0 Å². The second-order valence-corrected chi connectivity index (χ2v) is 8.29. The molecule has 0 unspecified atom stereocenters. The van der Waals surface area contributed by atoms with Crippen LogP contribution in [0.15, 0.2) is 47.1 Å². The first kappa shape index (κ1) is 19.0. The van der Waals surface area contributed by atoms with Crippen molar-refractivity contribution in [3.63, 3.8) is 0 Å². The van der Waals surface area contributed by atoms with Gasteiger partial charge in [-0.3, -0.25) is 4.90 Å². The largest absolute Gasteiger partial charge is 0.497 e. The summed E-state index contributed by atoms with van der Waals surface area (Å²) < 4.78 is 12.5. The van der Waals surface area contributed by atoms with Crippen LogP contribution in [-0.2, 0) is 0 Å². The Morgan fingerprint density at radius 3 is 2.53 bits per heavy atom. The van der Waals surface area contributed by atoms with Gasteiger partial charge in [0.15, 0.2) is 0 Å². The zero-order valence-corrected chi connectivity index (χ0v) is 17.7. The van der Waals surface area contributed by atoms with Crippen molar-refractivity contribution < 1.29 is 14.3 Å². The van der Waals surface area contributed by atoms with E-state index in [1.165, 1.54) is 21.5 Å². The van der Waals surface area contributed by atoms with E-state index in [0.717, 1.165) is 42.6 Å². The summed E-state index contributed by atoms with van der Waals surface area (Å²) >= 11 is 1.46. The zero-order chi connectivity index (χ0) is 20.7. The Morgan fingerprint density at radius 2 is 1.90 bits per heavy atom. The van der Waals surface area contributed by atoms with Crippen LogP contribution in [0, 0.1) is 6.92 Å². The van der Waals surface area contributed by atoms with Gasteiger partial charge in [0.05, 0.1) is 18.3 Å². The van der Waals surface area contributed by atoms with Gasteiger partial charge in [-0.25, -0.2) is 4.98 Å². The van der Waals surface area contributed by atoms with Gasteiger partial charge in [-0.2, -0.15) is 4.52 Å². The van der Waals surface area contributed by atoms with Crippen molar-refractivity contribution >= 4 is 22.0 Å². The topological polar surface area (TPSA) is 79.3 Å². The number of thiazole rings is 1. The van der Waals surface area contributed by atoms with Crippen molar-refractivity contribution in [2.24, 2.45) is 0 Å². The number of aromatic nitrogens is 3. The third-order valence-corrected chi connectivity index (χ3v) is 6.56. The predicted octanol–water partition coefficient (Wildman–Crippen LogP) is 3.32. The maximum Gasteiger partial charge on any atom is 0.230 e. The number of aromatic hydroxyl groups is 1. The molecule has 5 rings (SSSR count).